The highest BCUT2D eigenvalue weighted by molar-refractivity contribution is 14.1. The minimum Gasteiger partial charge on any atom is -0.368 e. The number of aromatic nitrogens is 5. The summed E-state index contributed by atoms with van der Waals surface area (Å²) >= 11 is 2.31. The van der Waals surface area contributed by atoms with E-state index < -0.39 is 0 Å². The maximum atomic E-state index is 9.13. The zero-order chi connectivity index (χ0) is 19.0. The zero-order valence-corrected chi connectivity index (χ0v) is 17.3. The Morgan fingerprint density at radius 1 is 1.22 bits per heavy atom. The van der Waals surface area contributed by atoms with Crippen LogP contribution in [0, 0.1) is 14.9 Å². The Bertz CT molecular complexity index is 1190. The molecule has 2 N–H and O–H groups in total. The van der Waals surface area contributed by atoms with Gasteiger partial charge in [0, 0.05) is 21.5 Å². The van der Waals surface area contributed by atoms with E-state index >= 15 is 0 Å². The Morgan fingerprint density at radius 3 is 2.85 bits per heavy atom. The highest BCUT2D eigenvalue weighted by Crippen LogP contribution is 2.27. The van der Waals surface area contributed by atoms with E-state index in [1.807, 2.05) is 16.8 Å². The fraction of sp³-hybridized carbons (Fsp3) is 0.0556. The first kappa shape index (κ1) is 17.8. The van der Waals surface area contributed by atoms with Gasteiger partial charge in [-0.15, -0.1) is 9.24 Å². The van der Waals surface area contributed by atoms with E-state index in [-0.39, 0.29) is 5.95 Å². The smallest absolute Gasteiger partial charge is 0.222 e. The van der Waals surface area contributed by atoms with Crippen molar-refractivity contribution in [2.75, 3.05) is 5.73 Å². The molecule has 0 spiro atoms. The van der Waals surface area contributed by atoms with Crippen LogP contribution in [0.25, 0.3) is 22.3 Å². The van der Waals surface area contributed by atoms with E-state index in [0.29, 0.717) is 29.0 Å². The van der Waals surface area contributed by atoms with Gasteiger partial charge in [-0.2, -0.15) is 15.3 Å². The molecule has 4 rings (SSSR count). The number of hydrogen-bond donors (Lipinski definition) is 1. The third-order valence-corrected chi connectivity index (χ3v) is 5.67. The summed E-state index contributed by atoms with van der Waals surface area (Å²) in [6.45, 7) is 0.563. The number of halogens is 1. The van der Waals surface area contributed by atoms with Gasteiger partial charge in [0.25, 0.3) is 0 Å². The average Bonchev–Trinajstić information content (AvgIpc) is 3.07. The van der Waals surface area contributed by atoms with Crippen LogP contribution in [0.1, 0.15) is 11.1 Å². The number of nitriles is 1. The number of rotatable bonds is 3. The minimum atomic E-state index is 0.149. The van der Waals surface area contributed by atoms with Crippen molar-refractivity contribution in [2.24, 2.45) is 0 Å². The first-order valence-electron chi connectivity index (χ1n) is 7.94. The number of nitrogens with two attached hydrogens (primary N) is 1. The van der Waals surface area contributed by atoms with Crippen LogP contribution in [0.2, 0.25) is 0 Å². The maximum Gasteiger partial charge on any atom is 0.222 e. The lowest BCUT2D eigenvalue weighted by Crippen LogP contribution is -2.12. The number of pyridine rings is 1. The second kappa shape index (κ2) is 7.18. The summed E-state index contributed by atoms with van der Waals surface area (Å²) < 4.78 is 2.96. The molecule has 0 amide bonds. The van der Waals surface area contributed by atoms with Crippen molar-refractivity contribution in [3.63, 3.8) is 0 Å². The molecule has 0 radical (unpaired) electrons. The summed E-state index contributed by atoms with van der Waals surface area (Å²) in [4.78, 5) is 12.9. The second-order valence-electron chi connectivity index (χ2n) is 5.85. The Labute approximate surface area is 171 Å². The molecule has 0 saturated heterocycles. The summed E-state index contributed by atoms with van der Waals surface area (Å²) in [5.74, 6) is 0.149. The topological polar surface area (TPSA) is 106 Å². The quantitative estimate of drug-likeness (QED) is 0.353. The number of nitrogen functional groups attached to an aromatic ring is 1. The summed E-state index contributed by atoms with van der Waals surface area (Å²) in [7, 11) is 2.75. The summed E-state index contributed by atoms with van der Waals surface area (Å²) in [6.07, 6.45) is 4.88. The number of hydrogen-bond acceptors (Lipinski definition) is 6. The van der Waals surface area contributed by atoms with E-state index in [0.717, 1.165) is 19.8 Å². The molecule has 4 aromatic rings. The van der Waals surface area contributed by atoms with Gasteiger partial charge < -0.3 is 5.73 Å². The Morgan fingerprint density at radius 2 is 2.07 bits per heavy atom. The molecule has 0 aliphatic heterocycles. The van der Waals surface area contributed by atoms with Crippen molar-refractivity contribution in [1.29, 1.82) is 5.26 Å². The normalized spacial score (nSPS) is 10.9. The summed E-state index contributed by atoms with van der Waals surface area (Å²) in [6, 6.07) is 9.94. The fourth-order valence-electron chi connectivity index (χ4n) is 2.83. The lowest BCUT2D eigenvalue weighted by Gasteiger charge is -2.10. The number of nitrogens with zero attached hydrogens (tertiary/aromatic N) is 6. The van der Waals surface area contributed by atoms with Crippen LogP contribution >= 0.6 is 31.8 Å². The lowest BCUT2D eigenvalue weighted by atomic mass is 10.1. The number of benzene rings is 1. The van der Waals surface area contributed by atoms with Crippen molar-refractivity contribution in [3.05, 3.63) is 57.6 Å². The molecule has 9 heteroatoms. The molecule has 0 fully saturated rings. The van der Waals surface area contributed by atoms with E-state index in [4.69, 9.17) is 11.0 Å². The highest BCUT2D eigenvalue weighted by Gasteiger charge is 2.15. The van der Waals surface area contributed by atoms with Gasteiger partial charge in [0.1, 0.15) is 6.07 Å². The van der Waals surface area contributed by atoms with Crippen molar-refractivity contribution in [3.8, 4) is 17.3 Å². The van der Waals surface area contributed by atoms with Gasteiger partial charge in [0.2, 0.25) is 5.95 Å². The van der Waals surface area contributed by atoms with Crippen LogP contribution in [-0.2, 0) is 6.54 Å². The van der Waals surface area contributed by atoms with Crippen LogP contribution in [0.3, 0.4) is 0 Å². The van der Waals surface area contributed by atoms with E-state index in [1.54, 1.807) is 18.5 Å². The predicted octanol–water partition coefficient (Wildman–Crippen LogP) is 2.50. The Kier molecular flexibility index (Phi) is 4.72. The standard InChI is InChI=1S/C18H13IN7P/c19-14-2-1-3-15(27)13(14)9-26-17-12(8-23-26)16(24-18(21)25-17)11-4-10(5-20)6-22-7-11/h1-4,6-8H,9,27H2,(H2,21,24,25). The lowest BCUT2D eigenvalue weighted by molar-refractivity contribution is 0.704. The van der Waals surface area contributed by atoms with Gasteiger partial charge in [-0.3, -0.25) is 4.98 Å². The molecule has 3 aromatic heterocycles. The Balaban J connectivity index is 1.87. The van der Waals surface area contributed by atoms with E-state index in [2.05, 4.69) is 64.0 Å². The molecule has 1 unspecified atom stereocenters. The molecule has 7 nitrogen and oxygen atoms in total. The van der Waals surface area contributed by atoms with Gasteiger partial charge in [-0.1, -0.05) is 12.1 Å². The summed E-state index contributed by atoms with van der Waals surface area (Å²) in [5.41, 5.74) is 9.53. The third-order valence-electron chi connectivity index (χ3n) is 4.12. The molecule has 0 aliphatic carbocycles. The molecule has 1 atom stereocenters. The molecule has 132 valence electrons. The Hall–Kier alpha value is -2.63. The number of anilines is 1. The molecule has 27 heavy (non-hydrogen) atoms. The van der Waals surface area contributed by atoms with Gasteiger partial charge in [-0.25, -0.2) is 9.67 Å². The molecule has 0 saturated carbocycles. The third kappa shape index (κ3) is 3.36. The molecule has 3 heterocycles. The molecular formula is C18H13IN7P. The van der Waals surface area contributed by atoms with Crippen molar-refractivity contribution in [1.82, 2.24) is 24.7 Å². The first-order chi connectivity index (χ1) is 13.1. The zero-order valence-electron chi connectivity index (χ0n) is 14.0. The van der Waals surface area contributed by atoms with Crippen LogP contribution in [0.5, 0.6) is 0 Å². The molecule has 1 aromatic carbocycles. The van der Waals surface area contributed by atoms with Gasteiger partial charge >= 0.3 is 0 Å². The largest absolute Gasteiger partial charge is 0.368 e. The molecular weight excluding hydrogens is 472 g/mol. The molecule has 0 bridgehead atoms. The summed E-state index contributed by atoms with van der Waals surface area (Å²) in [5, 5.41) is 15.5. The predicted molar refractivity (Wildman–Crippen MR) is 115 cm³/mol. The van der Waals surface area contributed by atoms with Gasteiger partial charge in [0.15, 0.2) is 5.65 Å². The first-order valence-corrected chi connectivity index (χ1v) is 9.60. The monoisotopic (exact) mass is 485 g/mol. The van der Waals surface area contributed by atoms with Crippen molar-refractivity contribution in [2.45, 2.75) is 6.54 Å². The number of fused-ring (bicyclic) bond motifs is 1. The fourth-order valence-corrected chi connectivity index (χ4v) is 4.17. The van der Waals surface area contributed by atoms with Crippen molar-refractivity contribution >= 4 is 54.1 Å². The van der Waals surface area contributed by atoms with Crippen molar-refractivity contribution < 1.29 is 0 Å². The highest BCUT2D eigenvalue weighted by atomic mass is 127. The second-order valence-corrected chi connectivity index (χ2v) is 7.64. The maximum absolute atomic E-state index is 9.13. The van der Waals surface area contributed by atoms with Gasteiger partial charge in [0.05, 0.1) is 29.4 Å². The SMILES string of the molecule is N#Cc1cncc(-c2nc(N)nc3c2cnn3Cc2c(P)cccc2I)c1. The minimum absolute atomic E-state index is 0.149. The van der Waals surface area contributed by atoms with Gasteiger partial charge in [-0.05, 0) is 45.6 Å². The van der Waals surface area contributed by atoms with Crippen LogP contribution in [0.15, 0.2) is 42.9 Å². The van der Waals surface area contributed by atoms with E-state index in [9.17, 15) is 0 Å². The van der Waals surface area contributed by atoms with Crippen LogP contribution in [0.4, 0.5) is 5.95 Å². The van der Waals surface area contributed by atoms with Crippen LogP contribution < -0.4 is 11.0 Å². The average molecular weight is 485 g/mol. The molecule has 0 aliphatic rings. The van der Waals surface area contributed by atoms with E-state index in [1.165, 1.54) is 6.20 Å². The van der Waals surface area contributed by atoms with Crippen LogP contribution in [-0.4, -0.2) is 24.7 Å².